The number of rotatable bonds is 4. The minimum absolute atomic E-state index is 0.0331. The second kappa shape index (κ2) is 10.6. The van der Waals surface area contributed by atoms with E-state index >= 15 is 0 Å². The fourth-order valence-electron chi connectivity index (χ4n) is 1.31. The second-order valence-electron chi connectivity index (χ2n) is 3.70. The van der Waals surface area contributed by atoms with Gasteiger partial charge in [0.25, 0.3) is 0 Å². The first-order chi connectivity index (χ1) is 10.7. The van der Waals surface area contributed by atoms with Crippen LogP contribution in [0.15, 0.2) is 24.3 Å². The minimum atomic E-state index is -0.531. The molecular formula is C16H12Cl2O4. The Kier molecular flexibility index (Phi) is 8.60. The summed E-state index contributed by atoms with van der Waals surface area (Å²) in [5.74, 6) is 9.59. The fourth-order valence-corrected chi connectivity index (χ4v) is 1.50. The van der Waals surface area contributed by atoms with E-state index in [4.69, 9.17) is 32.7 Å². The van der Waals surface area contributed by atoms with E-state index in [2.05, 4.69) is 23.7 Å². The van der Waals surface area contributed by atoms with Gasteiger partial charge in [0.15, 0.2) is 13.2 Å². The molecular weight excluding hydrogens is 327 g/mol. The van der Waals surface area contributed by atoms with Crippen molar-refractivity contribution in [3.05, 3.63) is 35.4 Å². The number of carbonyl (C=O) groups excluding carboxylic acids is 2. The van der Waals surface area contributed by atoms with Crippen LogP contribution in [0.4, 0.5) is 0 Å². The van der Waals surface area contributed by atoms with E-state index in [9.17, 15) is 9.59 Å². The second-order valence-corrected chi connectivity index (χ2v) is 4.24. The lowest BCUT2D eigenvalue weighted by molar-refractivity contribution is 0.0542. The summed E-state index contributed by atoms with van der Waals surface area (Å²) in [6.45, 7) is -0.0663. The summed E-state index contributed by atoms with van der Waals surface area (Å²) in [6.07, 6.45) is 0. The molecule has 0 fully saturated rings. The molecule has 0 N–H and O–H groups in total. The first-order valence-corrected chi connectivity index (χ1v) is 7.23. The number of hydrogen-bond donors (Lipinski definition) is 0. The highest BCUT2D eigenvalue weighted by atomic mass is 35.5. The van der Waals surface area contributed by atoms with Crippen molar-refractivity contribution in [3.8, 4) is 23.7 Å². The normalized spacial score (nSPS) is 8.82. The van der Waals surface area contributed by atoms with Gasteiger partial charge in [-0.05, 0) is 24.3 Å². The maximum atomic E-state index is 11.7. The van der Waals surface area contributed by atoms with Crippen molar-refractivity contribution in [2.75, 3.05) is 25.0 Å². The number of benzene rings is 1. The molecule has 0 aliphatic carbocycles. The molecule has 0 atom stereocenters. The number of halogens is 2. The molecule has 0 bridgehead atoms. The molecule has 1 rings (SSSR count). The lowest BCUT2D eigenvalue weighted by atomic mass is 10.1. The van der Waals surface area contributed by atoms with Gasteiger partial charge < -0.3 is 9.47 Å². The average molecular weight is 339 g/mol. The van der Waals surface area contributed by atoms with Crippen LogP contribution in [0.5, 0.6) is 0 Å². The molecule has 4 nitrogen and oxygen atoms in total. The molecule has 0 aliphatic rings. The van der Waals surface area contributed by atoms with E-state index in [0.29, 0.717) is 11.1 Å². The zero-order valence-electron chi connectivity index (χ0n) is 11.5. The van der Waals surface area contributed by atoms with Crippen LogP contribution in [-0.4, -0.2) is 36.9 Å². The van der Waals surface area contributed by atoms with E-state index in [1.165, 1.54) is 24.3 Å². The van der Waals surface area contributed by atoms with Crippen LogP contribution in [0.1, 0.15) is 20.7 Å². The Bertz CT molecular complexity index is 573. The highest BCUT2D eigenvalue weighted by Crippen LogP contribution is 2.07. The molecule has 1 aromatic carbocycles. The zero-order valence-corrected chi connectivity index (χ0v) is 13.0. The molecule has 1 aromatic rings. The molecule has 22 heavy (non-hydrogen) atoms. The number of esters is 2. The molecule has 0 spiro atoms. The Morgan fingerprint density at radius 1 is 0.773 bits per heavy atom. The number of ether oxygens (including phenoxy) is 2. The Balaban J connectivity index is 2.54. The number of carbonyl (C=O) groups is 2. The lowest BCUT2D eigenvalue weighted by Crippen LogP contribution is -2.08. The van der Waals surface area contributed by atoms with Gasteiger partial charge in [-0.1, -0.05) is 23.7 Å². The SMILES string of the molecule is O=C(OCC#CCCl)c1ccc(C(=O)OCC#CCCl)cc1. The van der Waals surface area contributed by atoms with Crippen molar-refractivity contribution < 1.29 is 19.1 Å². The van der Waals surface area contributed by atoms with Gasteiger partial charge in [-0.2, -0.15) is 0 Å². The topological polar surface area (TPSA) is 52.6 Å². The van der Waals surface area contributed by atoms with Crippen molar-refractivity contribution >= 4 is 35.1 Å². The van der Waals surface area contributed by atoms with Gasteiger partial charge in [-0.3, -0.25) is 0 Å². The van der Waals surface area contributed by atoms with E-state index in [-0.39, 0.29) is 25.0 Å². The van der Waals surface area contributed by atoms with Gasteiger partial charge in [0.05, 0.1) is 22.9 Å². The van der Waals surface area contributed by atoms with Gasteiger partial charge in [0.2, 0.25) is 0 Å². The summed E-state index contributed by atoms with van der Waals surface area (Å²) in [7, 11) is 0. The predicted molar refractivity (Wildman–Crippen MR) is 84.0 cm³/mol. The summed E-state index contributed by atoms with van der Waals surface area (Å²) in [5.41, 5.74) is 0.623. The zero-order chi connectivity index (χ0) is 16.2. The minimum Gasteiger partial charge on any atom is -0.449 e. The van der Waals surface area contributed by atoms with Crippen molar-refractivity contribution in [3.63, 3.8) is 0 Å². The van der Waals surface area contributed by atoms with E-state index in [1.807, 2.05) is 0 Å². The van der Waals surface area contributed by atoms with Gasteiger partial charge in [-0.15, -0.1) is 23.2 Å². The van der Waals surface area contributed by atoms with Crippen molar-refractivity contribution in [2.45, 2.75) is 0 Å². The summed E-state index contributed by atoms with van der Waals surface area (Å²) in [4.78, 5) is 23.3. The van der Waals surface area contributed by atoms with Gasteiger partial charge >= 0.3 is 11.9 Å². The maximum Gasteiger partial charge on any atom is 0.339 e. The molecule has 6 heteroatoms. The van der Waals surface area contributed by atoms with E-state index in [0.717, 1.165) is 0 Å². The molecule has 0 saturated carbocycles. The Morgan fingerprint density at radius 3 is 1.45 bits per heavy atom. The molecule has 0 saturated heterocycles. The lowest BCUT2D eigenvalue weighted by Gasteiger charge is -2.03. The van der Waals surface area contributed by atoms with E-state index in [1.54, 1.807) is 0 Å². The Labute approximate surface area is 138 Å². The summed E-state index contributed by atoms with van der Waals surface area (Å²) >= 11 is 10.7. The molecule has 0 aromatic heterocycles. The summed E-state index contributed by atoms with van der Waals surface area (Å²) in [6, 6.07) is 5.88. The molecule has 0 unspecified atom stereocenters. The van der Waals surface area contributed by atoms with Gasteiger partial charge in [0, 0.05) is 0 Å². The standard InChI is InChI=1S/C16H12Cl2O4/c17-9-1-3-11-21-15(19)13-5-7-14(8-6-13)16(20)22-12-4-2-10-18/h5-8H,9-12H2. The van der Waals surface area contributed by atoms with Crippen molar-refractivity contribution in [1.29, 1.82) is 0 Å². The van der Waals surface area contributed by atoms with E-state index < -0.39 is 11.9 Å². The third-order valence-electron chi connectivity index (χ3n) is 2.29. The van der Waals surface area contributed by atoms with Crippen LogP contribution in [0.25, 0.3) is 0 Å². The molecule has 0 heterocycles. The number of alkyl halides is 2. The molecule has 0 radical (unpaired) electrons. The quantitative estimate of drug-likeness (QED) is 0.480. The Hall–Kier alpha value is -2.14. The third-order valence-corrected chi connectivity index (χ3v) is 2.56. The van der Waals surface area contributed by atoms with Crippen LogP contribution in [0.2, 0.25) is 0 Å². The maximum absolute atomic E-state index is 11.7. The molecule has 0 aliphatic heterocycles. The highest BCUT2D eigenvalue weighted by molar-refractivity contribution is 6.19. The average Bonchev–Trinajstić information content (AvgIpc) is 2.55. The smallest absolute Gasteiger partial charge is 0.339 e. The summed E-state index contributed by atoms with van der Waals surface area (Å²) < 4.78 is 9.81. The summed E-state index contributed by atoms with van der Waals surface area (Å²) in [5, 5.41) is 0. The predicted octanol–water partition coefficient (Wildman–Crippen LogP) is 2.48. The molecule has 114 valence electrons. The monoisotopic (exact) mass is 338 g/mol. The first-order valence-electron chi connectivity index (χ1n) is 6.16. The van der Waals surface area contributed by atoms with Crippen molar-refractivity contribution in [1.82, 2.24) is 0 Å². The third kappa shape index (κ3) is 6.54. The van der Waals surface area contributed by atoms with Gasteiger partial charge in [0.1, 0.15) is 0 Å². The van der Waals surface area contributed by atoms with Crippen LogP contribution < -0.4 is 0 Å². The van der Waals surface area contributed by atoms with Crippen LogP contribution in [-0.2, 0) is 9.47 Å². The Morgan fingerprint density at radius 2 is 1.14 bits per heavy atom. The van der Waals surface area contributed by atoms with Crippen LogP contribution >= 0.6 is 23.2 Å². The first kappa shape index (κ1) is 17.9. The highest BCUT2D eigenvalue weighted by Gasteiger charge is 2.10. The largest absolute Gasteiger partial charge is 0.449 e. The van der Waals surface area contributed by atoms with Crippen LogP contribution in [0, 0.1) is 23.7 Å². The van der Waals surface area contributed by atoms with Crippen LogP contribution in [0.3, 0.4) is 0 Å². The van der Waals surface area contributed by atoms with Crippen molar-refractivity contribution in [2.24, 2.45) is 0 Å². The fraction of sp³-hybridized carbons (Fsp3) is 0.250. The number of hydrogen-bond acceptors (Lipinski definition) is 4. The van der Waals surface area contributed by atoms with Gasteiger partial charge in [-0.25, -0.2) is 9.59 Å². The molecule has 0 amide bonds.